The minimum atomic E-state index is -3.77. The van der Waals surface area contributed by atoms with Gasteiger partial charge >= 0.3 is 5.97 Å². The van der Waals surface area contributed by atoms with Crippen LogP contribution in [-0.4, -0.2) is 37.5 Å². The highest BCUT2D eigenvalue weighted by atomic mass is 32.2. The molecule has 2 N–H and O–H groups in total. The first-order valence-corrected chi connectivity index (χ1v) is 8.91. The first-order chi connectivity index (χ1) is 8.90. The highest BCUT2D eigenvalue weighted by Gasteiger charge is 2.26. The van der Waals surface area contributed by atoms with E-state index in [1.807, 2.05) is 0 Å². The molecule has 19 heavy (non-hydrogen) atoms. The zero-order valence-corrected chi connectivity index (χ0v) is 12.8. The predicted molar refractivity (Wildman–Crippen MR) is 78.7 cm³/mol. The fourth-order valence-corrected chi connectivity index (χ4v) is 4.77. The van der Waals surface area contributed by atoms with Crippen molar-refractivity contribution in [2.75, 3.05) is 18.1 Å². The highest BCUT2D eigenvalue weighted by Crippen LogP contribution is 2.26. The second kappa shape index (κ2) is 7.09. The van der Waals surface area contributed by atoms with Crippen LogP contribution < -0.4 is 4.72 Å². The smallest absolute Gasteiger partial charge is 0.347 e. The second-order valence-electron chi connectivity index (χ2n) is 3.64. The summed E-state index contributed by atoms with van der Waals surface area (Å²) < 4.78 is 26.6. The fraction of sp³-hybridized carbons (Fsp3) is 0.364. The minimum Gasteiger partial charge on any atom is -0.477 e. The molecule has 0 aliphatic heterocycles. The summed E-state index contributed by atoms with van der Waals surface area (Å²) in [5.41, 5.74) is 0.452. The van der Waals surface area contributed by atoms with Gasteiger partial charge in [0.25, 0.3) is 0 Å². The van der Waals surface area contributed by atoms with Crippen LogP contribution in [0.2, 0.25) is 0 Å². The van der Waals surface area contributed by atoms with Crippen LogP contribution in [0, 0.1) is 6.92 Å². The van der Waals surface area contributed by atoms with E-state index in [1.165, 1.54) is 5.38 Å². The zero-order valence-electron chi connectivity index (χ0n) is 10.4. The second-order valence-corrected chi connectivity index (χ2v) is 7.38. The van der Waals surface area contributed by atoms with Gasteiger partial charge in [-0.25, -0.2) is 17.9 Å². The molecule has 0 unspecified atom stereocenters. The number of hydrogen-bond donors (Lipinski definition) is 2. The number of aromatic carboxylic acids is 1. The van der Waals surface area contributed by atoms with Gasteiger partial charge in [0.2, 0.25) is 10.0 Å². The van der Waals surface area contributed by atoms with E-state index in [0.29, 0.717) is 11.3 Å². The molecule has 0 saturated carbocycles. The zero-order chi connectivity index (χ0) is 14.5. The number of thiophene rings is 1. The van der Waals surface area contributed by atoms with Crippen LogP contribution in [0.5, 0.6) is 0 Å². The number of thioether (sulfide) groups is 1. The number of sulfonamides is 1. The van der Waals surface area contributed by atoms with E-state index in [4.69, 9.17) is 5.11 Å². The molecule has 0 aliphatic rings. The van der Waals surface area contributed by atoms with Crippen molar-refractivity contribution in [1.82, 2.24) is 4.72 Å². The van der Waals surface area contributed by atoms with Crippen LogP contribution in [0.4, 0.5) is 0 Å². The molecule has 0 amide bonds. The largest absolute Gasteiger partial charge is 0.477 e. The SMILES string of the molecule is C=CCSCCNS(=O)(=O)c1c(C)csc1C(=O)O. The Morgan fingerprint density at radius 2 is 2.32 bits per heavy atom. The summed E-state index contributed by atoms with van der Waals surface area (Å²) in [5, 5.41) is 10.5. The third-order valence-electron chi connectivity index (χ3n) is 2.16. The van der Waals surface area contributed by atoms with Crippen molar-refractivity contribution in [3.8, 4) is 0 Å². The number of rotatable bonds is 8. The van der Waals surface area contributed by atoms with Gasteiger partial charge in [-0.3, -0.25) is 0 Å². The Morgan fingerprint density at radius 3 is 2.89 bits per heavy atom. The molecule has 0 atom stereocenters. The number of aryl methyl sites for hydroxylation is 1. The lowest BCUT2D eigenvalue weighted by Crippen LogP contribution is -2.27. The molecule has 1 rings (SSSR count). The molecule has 0 bridgehead atoms. The van der Waals surface area contributed by atoms with Crippen molar-refractivity contribution in [1.29, 1.82) is 0 Å². The third kappa shape index (κ3) is 4.34. The number of carboxylic acids is 1. The molecule has 106 valence electrons. The molecule has 8 heteroatoms. The van der Waals surface area contributed by atoms with Crippen LogP contribution >= 0.6 is 23.1 Å². The molecular weight excluding hydrogens is 306 g/mol. The van der Waals surface area contributed by atoms with Crippen LogP contribution in [-0.2, 0) is 10.0 Å². The number of hydrogen-bond acceptors (Lipinski definition) is 5. The van der Waals surface area contributed by atoms with Gasteiger partial charge < -0.3 is 5.11 Å². The van der Waals surface area contributed by atoms with E-state index >= 15 is 0 Å². The normalized spacial score (nSPS) is 11.4. The van der Waals surface area contributed by atoms with E-state index in [2.05, 4.69) is 11.3 Å². The lowest BCUT2D eigenvalue weighted by Gasteiger charge is -2.07. The first kappa shape index (κ1) is 16.2. The van der Waals surface area contributed by atoms with Crippen LogP contribution in [0.3, 0.4) is 0 Å². The van der Waals surface area contributed by atoms with E-state index < -0.39 is 16.0 Å². The molecule has 0 aromatic carbocycles. The summed E-state index contributed by atoms with van der Waals surface area (Å²) in [6.45, 7) is 5.41. The highest BCUT2D eigenvalue weighted by molar-refractivity contribution is 7.99. The van der Waals surface area contributed by atoms with Crippen LogP contribution in [0.25, 0.3) is 0 Å². The van der Waals surface area contributed by atoms with Crippen LogP contribution in [0.1, 0.15) is 15.2 Å². The van der Waals surface area contributed by atoms with Gasteiger partial charge in [0, 0.05) is 18.1 Å². The van der Waals surface area contributed by atoms with Gasteiger partial charge in [0.1, 0.15) is 9.77 Å². The molecule has 0 radical (unpaired) electrons. The van der Waals surface area contributed by atoms with Crippen molar-refractivity contribution in [3.05, 3.63) is 28.5 Å². The van der Waals surface area contributed by atoms with Crippen molar-refractivity contribution in [2.45, 2.75) is 11.8 Å². The molecule has 0 fully saturated rings. The fourth-order valence-electron chi connectivity index (χ4n) is 1.40. The van der Waals surface area contributed by atoms with E-state index in [1.54, 1.807) is 24.8 Å². The Morgan fingerprint density at radius 1 is 1.63 bits per heavy atom. The maximum atomic E-state index is 12.1. The summed E-state index contributed by atoms with van der Waals surface area (Å²) in [4.78, 5) is 10.7. The molecule has 0 saturated heterocycles. The molecule has 5 nitrogen and oxygen atoms in total. The van der Waals surface area contributed by atoms with E-state index in [9.17, 15) is 13.2 Å². The van der Waals surface area contributed by atoms with Gasteiger partial charge in [-0.15, -0.1) is 17.9 Å². The number of carbonyl (C=O) groups is 1. The quantitative estimate of drug-likeness (QED) is 0.565. The van der Waals surface area contributed by atoms with Gasteiger partial charge in [-0.05, 0) is 17.9 Å². The standard InChI is InChI=1S/C11H15NO4S3/c1-3-5-17-6-4-12-19(15,16)10-8(2)7-18-9(10)11(13)14/h3,7,12H,1,4-6H2,2H3,(H,13,14). The van der Waals surface area contributed by atoms with Crippen molar-refractivity contribution in [2.24, 2.45) is 0 Å². The minimum absolute atomic E-state index is 0.126. The monoisotopic (exact) mass is 321 g/mol. The Balaban J connectivity index is 2.80. The molecule has 1 heterocycles. The van der Waals surface area contributed by atoms with Crippen molar-refractivity contribution < 1.29 is 18.3 Å². The summed E-state index contributed by atoms with van der Waals surface area (Å²) in [7, 11) is -3.77. The molecular formula is C11H15NO4S3. The predicted octanol–water partition coefficient (Wildman–Crippen LogP) is 1.95. The first-order valence-electron chi connectivity index (χ1n) is 5.40. The lowest BCUT2D eigenvalue weighted by atomic mass is 10.3. The van der Waals surface area contributed by atoms with Gasteiger partial charge in [-0.2, -0.15) is 11.8 Å². The van der Waals surface area contributed by atoms with E-state index in [-0.39, 0.29) is 16.3 Å². The van der Waals surface area contributed by atoms with Crippen LogP contribution in [0.15, 0.2) is 22.9 Å². The number of carboxylic acid groups (broad SMARTS) is 1. The summed E-state index contributed by atoms with van der Waals surface area (Å²) in [5.74, 6) is 0.135. The van der Waals surface area contributed by atoms with Gasteiger partial charge in [0.15, 0.2) is 0 Å². The maximum Gasteiger partial charge on any atom is 0.347 e. The Labute approximate surface area is 120 Å². The average Bonchev–Trinajstić information content (AvgIpc) is 2.71. The Bertz CT molecular complexity index is 562. The molecule has 1 aromatic heterocycles. The molecule has 0 aliphatic carbocycles. The van der Waals surface area contributed by atoms with Crippen molar-refractivity contribution in [3.63, 3.8) is 0 Å². The summed E-state index contributed by atoms with van der Waals surface area (Å²) >= 11 is 2.47. The third-order valence-corrected chi connectivity index (χ3v) is 5.98. The maximum absolute atomic E-state index is 12.1. The Kier molecular flexibility index (Phi) is 6.05. The summed E-state index contributed by atoms with van der Waals surface area (Å²) in [6.07, 6.45) is 1.74. The lowest BCUT2D eigenvalue weighted by molar-refractivity contribution is 0.0698. The molecule has 1 aromatic rings. The van der Waals surface area contributed by atoms with Gasteiger partial charge in [-0.1, -0.05) is 6.08 Å². The Hall–Kier alpha value is -0.830. The van der Waals surface area contributed by atoms with Crippen molar-refractivity contribution >= 4 is 39.1 Å². The average molecular weight is 321 g/mol. The van der Waals surface area contributed by atoms with E-state index in [0.717, 1.165) is 17.1 Å². The summed E-state index contributed by atoms with van der Waals surface area (Å²) in [6, 6.07) is 0. The van der Waals surface area contributed by atoms with Gasteiger partial charge in [0.05, 0.1) is 0 Å². The molecule has 0 spiro atoms. The topological polar surface area (TPSA) is 83.5 Å². The number of nitrogens with one attached hydrogen (secondary N) is 1.